The van der Waals surface area contributed by atoms with Crippen LogP contribution in [-0.2, 0) is 16.8 Å². The van der Waals surface area contributed by atoms with Gasteiger partial charge in [0.1, 0.15) is 0 Å². The maximum atomic E-state index is 13.7. The summed E-state index contributed by atoms with van der Waals surface area (Å²) >= 11 is 0. The SMILES string of the molecule is C[N+](C)(CCc1ccn[nH]1)C1CCN(C(=O)C(O)(c2ccccc2)C2CCCC2)CC1. The third-order valence-electron chi connectivity index (χ3n) is 7.74. The summed E-state index contributed by atoms with van der Waals surface area (Å²) < 4.78 is 0.937. The maximum Gasteiger partial charge on any atom is 0.259 e. The fourth-order valence-corrected chi connectivity index (χ4v) is 5.59. The van der Waals surface area contributed by atoms with Crippen LogP contribution in [0, 0.1) is 5.92 Å². The lowest BCUT2D eigenvalue weighted by Crippen LogP contribution is -2.58. The van der Waals surface area contributed by atoms with E-state index in [4.69, 9.17) is 0 Å². The summed E-state index contributed by atoms with van der Waals surface area (Å²) in [6, 6.07) is 12.2. The predicted molar refractivity (Wildman–Crippen MR) is 121 cm³/mol. The number of likely N-dealkylation sites (N-methyl/N-ethyl adjacent to an activating group) is 1. The van der Waals surface area contributed by atoms with Gasteiger partial charge in [-0.3, -0.25) is 9.89 Å². The summed E-state index contributed by atoms with van der Waals surface area (Å²) in [4.78, 5) is 15.6. The molecule has 1 aliphatic heterocycles. The molecule has 0 spiro atoms. The van der Waals surface area contributed by atoms with Gasteiger partial charge in [-0.05, 0) is 24.5 Å². The molecule has 2 heterocycles. The molecule has 1 aliphatic carbocycles. The largest absolute Gasteiger partial charge is 0.375 e. The first kappa shape index (κ1) is 22.0. The molecule has 6 heteroatoms. The quantitative estimate of drug-likeness (QED) is 0.670. The van der Waals surface area contributed by atoms with E-state index in [9.17, 15) is 9.90 Å². The van der Waals surface area contributed by atoms with E-state index in [2.05, 4.69) is 24.3 Å². The number of hydrogen-bond donors (Lipinski definition) is 2. The monoisotopic (exact) mass is 425 g/mol. The van der Waals surface area contributed by atoms with Crippen LogP contribution < -0.4 is 0 Å². The van der Waals surface area contributed by atoms with Gasteiger partial charge in [0.25, 0.3) is 5.91 Å². The zero-order valence-electron chi connectivity index (χ0n) is 19.0. The first-order valence-electron chi connectivity index (χ1n) is 11.8. The van der Waals surface area contributed by atoms with Crippen molar-refractivity contribution < 1.29 is 14.4 Å². The molecule has 6 nitrogen and oxygen atoms in total. The van der Waals surface area contributed by atoms with Crippen molar-refractivity contribution in [2.45, 2.75) is 56.6 Å². The molecule has 4 rings (SSSR count). The van der Waals surface area contributed by atoms with Gasteiger partial charge in [-0.25, -0.2) is 0 Å². The molecule has 1 aromatic heterocycles. The number of amides is 1. The normalized spacial score (nSPS) is 20.7. The van der Waals surface area contributed by atoms with E-state index in [0.717, 1.165) is 74.6 Å². The predicted octanol–water partition coefficient (Wildman–Crippen LogP) is 3.10. The Morgan fingerprint density at radius 2 is 1.81 bits per heavy atom. The highest BCUT2D eigenvalue weighted by molar-refractivity contribution is 5.87. The van der Waals surface area contributed by atoms with Crippen LogP contribution in [0.2, 0.25) is 0 Å². The average Bonchev–Trinajstić information content (AvgIpc) is 3.52. The number of hydrogen-bond acceptors (Lipinski definition) is 3. The lowest BCUT2D eigenvalue weighted by Gasteiger charge is -2.45. The van der Waals surface area contributed by atoms with Crippen LogP contribution in [0.4, 0.5) is 0 Å². The number of rotatable bonds is 7. The van der Waals surface area contributed by atoms with Crippen LogP contribution >= 0.6 is 0 Å². The van der Waals surface area contributed by atoms with Crippen molar-refractivity contribution >= 4 is 5.91 Å². The minimum Gasteiger partial charge on any atom is -0.375 e. The van der Waals surface area contributed by atoms with E-state index in [-0.39, 0.29) is 11.8 Å². The van der Waals surface area contributed by atoms with Crippen LogP contribution in [0.5, 0.6) is 0 Å². The molecule has 31 heavy (non-hydrogen) atoms. The molecule has 1 amide bonds. The lowest BCUT2D eigenvalue weighted by atomic mass is 9.78. The molecule has 1 unspecified atom stereocenters. The Labute approximate surface area is 185 Å². The molecule has 0 radical (unpaired) electrons. The van der Waals surface area contributed by atoms with Crippen LogP contribution in [0.1, 0.15) is 49.8 Å². The van der Waals surface area contributed by atoms with Gasteiger partial charge in [-0.2, -0.15) is 5.10 Å². The zero-order chi connectivity index (χ0) is 21.9. The molecular weight excluding hydrogens is 388 g/mol. The van der Waals surface area contributed by atoms with E-state index < -0.39 is 5.60 Å². The summed E-state index contributed by atoms with van der Waals surface area (Å²) in [6.45, 7) is 2.48. The fraction of sp³-hybridized carbons (Fsp3) is 0.600. The Balaban J connectivity index is 1.42. The maximum absolute atomic E-state index is 13.7. The number of carbonyl (C=O) groups is 1. The Kier molecular flexibility index (Phi) is 6.49. The fourth-order valence-electron chi connectivity index (χ4n) is 5.59. The van der Waals surface area contributed by atoms with Gasteiger partial charge in [-0.1, -0.05) is 43.2 Å². The Morgan fingerprint density at radius 1 is 1.13 bits per heavy atom. The van der Waals surface area contributed by atoms with Gasteiger partial charge in [-0.15, -0.1) is 0 Å². The second kappa shape index (κ2) is 9.13. The molecule has 2 N–H and O–H groups in total. The van der Waals surface area contributed by atoms with Crippen LogP contribution in [-0.4, -0.2) is 70.4 Å². The number of quaternary nitrogens is 1. The van der Waals surface area contributed by atoms with Crippen molar-refractivity contribution in [3.63, 3.8) is 0 Å². The van der Waals surface area contributed by atoms with Gasteiger partial charge in [0.2, 0.25) is 0 Å². The van der Waals surface area contributed by atoms with E-state index in [1.165, 1.54) is 5.69 Å². The van der Waals surface area contributed by atoms with Crippen molar-refractivity contribution in [1.29, 1.82) is 0 Å². The average molecular weight is 426 g/mol. The summed E-state index contributed by atoms with van der Waals surface area (Å²) in [7, 11) is 4.58. The van der Waals surface area contributed by atoms with Gasteiger partial charge in [0, 0.05) is 50.2 Å². The molecule has 168 valence electrons. The number of aliphatic hydroxyl groups is 1. The molecule has 2 fully saturated rings. The zero-order valence-corrected chi connectivity index (χ0v) is 19.0. The van der Waals surface area contributed by atoms with Gasteiger partial charge in [0.05, 0.1) is 26.7 Å². The van der Waals surface area contributed by atoms with Gasteiger partial charge >= 0.3 is 0 Å². The Bertz CT molecular complexity index is 838. The molecule has 1 saturated heterocycles. The first-order valence-corrected chi connectivity index (χ1v) is 11.8. The number of aromatic amines is 1. The van der Waals surface area contributed by atoms with E-state index >= 15 is 0 Å². The number of carbonyl (C=O) groups excluding carboxylic acids is 1. The second-order valence-electron chi connectivity index (χ2n) is 9.97. The molecule has 1 aromatic carbocycles. The smallest absolute Gasteiger partial charge is 0.259 e. The van der Waals surface area contributed by atoms with E-state index in [1.807, 2.05) is 41.3 Å². The van der Waals surface area contributed by atoms with Crippen molar-refractivity contribution in [2.75, 3.05) is 33.7 Å². The summed E-state index contributed by atoms with van der Waals surface area (Å²) in [6.07, 6.45) is 8.75. The molecular formula is C25H37N4O2+. The summed E-state index contributed by atoms with van der Waals surface area (Å²) in [5.41, 5.74) is 0.531. The number of H-pyrrole nitrogens is 1. The number of piperidine rings is 1. The van der Waals surface area contributed by atoms with Crippen LogP contribution in [0.15, 0.2) is 42.6 Å². The number of nitrogens with zero attached hydrogens (tertiary/aromatic N) is 3. The Hall–Kier alpha value is -2.18. The highest BCUT2D eigenvalue weighted by Gasteiger charge is 2.49. The van der Waals surface area contributed by atoms with E-state index in [1.54, 1.807) is 6.20 Å². The lowest BCUT2D eigenvalue weighted by molar-refractivity contribution is -0.916. The summed E-state index contributed by atoms with van der Waals surface area (Å²) in [5, 5.41) is 18.9. The highest BCUT2D eigenvalue weighted by Crippen LogP contribution is 2.42. The molecule has 0 bridgehead atoms. The van der Waals surface area contributed by atoms with Crippen molar-refractivity contribution in [3.05, 3.63) is 53.9 Å². The minimum atomic E-state index is -1.39. The summed E-state index contributed by atoms with van der Waals surface area (Å²) in [5.74, 6) is -0.0754. The van der Waals surface area contributed by atoms with Crippen molar-refractivity contribution in [1.82, 2.24) is 15.1 Å². The van der Waals surface area contributed by atoms with Crippen molar-refractivity contribution in [3.8, 4) is 0 Å². The third kappa shape index (κ3) is 4.55. The number of likely N-dealkylation sites (tertiary alicyclic amines) is 1. The van der Waals surface area contributed by atoms with E-state index in [0.29, 0.717) is 6.04 Å². The number of aromatic nitrogens is 2. The Morgan fingerprint density at radius 3 is 2.42 bits per heavy atom. The molecule has 1 saturated carbocycles. The standard InChI is InChI=1S/C25H37N4O2/c1-29(2,19-15-22-12-16-26-27-22)23-13-17-28(18-14-23)24(30)25(31,21-10-6-7-11-21)20-8-4-3-5-9-20/h3-5,8-9,12,16,21,23,31H,6-7,10-11,13-15,17-19H2,1-2H3,(H,26,27)/q+1. The van der Waals surface area contributed by atoms with Gasteiger partial charge in [0.15, 0.2) is 5.60 Å². The number of benzene rings is 1. The van der Waals surface area contributed by atoms with Gasteiger partial charge < -0.3 is 14.5 Å². The molecule has 1 atom stereocenters. The second-order valence-corrected chi connectivity index (χ2v) is 9.97. The highest BCUT2D eigenvalue weighted by atomic mass is 16.3. The minimum absolute atomic E-state index is 0.0155. The third-order valence-corrected chi connectivity index (χ3v) is 7.74. The first-order chi connectivity index (χ1) is 14.9. The van der Waals surface area contributed by atoms with Crippen LogP contribution in [0.3, 0.4) is 0 Å². The number of nitrogens with one attached hydrogen (secondary N) is 1. The van der Waals surface area contributed by atoms with Crippen molar-refractivity contribution in [2.24, 2.45) is 5.92 Å². The molecule has 2 aliphatic rings. The molecule has 2 aromatic rings. The topological polar surface area (TPSA) is 69.2 Å². The van der Waals surface area contributed by atoms with Crippen LogP contribution in [0.25, 0.3) is 0 Å².